The molecule has 2 aromatic rings. The number of nitro benzene ring substituents is 1. The standard InChI is InChI=1S/C17H18N4O4/c1-12(19-14-6-8-16(25-2)9-7-14)17(22)20-18-11-13-4-3-5-15(10-13)21(23)24/h3-12,19H,1-2H3,(H,20,22)/b18-11+. The maximum Gasteiger partial charge on any atom is 0.270 e. The van der Waals surface area contributed by atoms with Crippen LogP contribution in [0, 0.1) is 10.1 Å². The third kappa shape index (κ3) is 5.31. The summed E-state index contributed by atoms with van der Waals surface area (Å²) in [5.41, 5.74) is 3.65. The van der Waals surface area contributed by atoms with Gasteiger partial charge in [0.1, 0.15) is 11.8 Å². The molecule has 0 radical (unpaired) electrons. The first-order valence-electron chi connectivity index (χ1n) is 7.47. The summed E-state index contributed by atoms with van der Waals surface area (Å²) in [6.45, 7) is 1.70. The number of nitrogens with one attached hydrogen (secondary N) is 2. The van der Waals surface area contributed by atoms with Crippen molar-refractivity contribution in [3.8, 4) is 5.75 Å². The molecule has 0 aliphatic heterocycles. The summed E-state index contributed by atoms with van der Waals surface area (Å²) in [5.74, 6) is 0.390. The lowest BCUT2D eigenvalue weighted by Gasteiger charge is -2.13. The number of anilines is 1. The molecule has 1 unspecified atom stereocenters. The molecule has 130 valence electrons. The van der Waals surface area contributed by atoms with Crippen LogP contribution in [0.25, 0.3) is 0 Å². The Labute approximate surface area is 144 Å². The van der Waals surface area contributed by atoms with E-state index < -0.39 is 11.0 Å². The molecular formula is C17H18N4O4. The van der Waals surface area contributed by atoms with E-state index in [9.17, 15) is 14.9 Å². The van der Waals surface area contributed by atoms with Crippen LogP contribution in [0.3, 0.4) is 0 Å². The molecule has 2 rings (SSSR count). The van der Waals surface area contributed by atoms with E-state index in [1.165, 1.54) is 18.3 Å². The van der Waals surface area contributed by atoms with Crippen LogP contribution >= 0.6 is 0 Å². The maximum atomic E-state index is 12.0. The van der Waals surface area contributed by atoms with Crippen molar-refractivity contribution >= 4 is 23.5 Å². The molecule has 0 saturated carbocycles. The number of non-ortho nitro benzene ring substituents is 1. The lowest BCUT2D eigenvalue weighted by molar-refractivity contribution is -0.384. The molecule has 0 fully saturated rings. The average Bonchev–Trinajstić information content (AvgIpc) is 2.62. The predicted octanol–water partition coefficient (Wildman–Crippen LogP) is 2.55. The summed E-state index contributed by atoms with van der Waals surface area (Å²) in [5, 5.41) is 17.6. The molecule has 8 heteroatoms. The van der Waals surface area contributed by atoms with Gasteiger partial charge in [-0.1, -0.05) is 12.1 Å². The van der Waals surface area contributed by atoms with Gasteiger partial charge in [0.05, 0.1) is 18.2 Å². The number of carbonyl (C=O) groups is 1. The Morgan fingerprint density at radius 3 is 2.64 bits per heavy atom. The van der Waals surface area contributed by atoms with E-state index in [2.05, 4.69) is 15.8 Å². The fourth-order valence-corrected chi connectivity index (χ4v) is 1.99. The molecule has 0 heterocycles. The van der Waals surface area contributed by atoms with E-state index in [1.54, 1.807) is 50.4 Å². The minimum atomic E-state index is -0.518. The van der Waals surface area contributed by atoms with Gasteiger partial charge in [0.2, 0.25) is 0 Å². The van der Waals surface area contributed by atoms with Crippen LogP contribution in [-0.4, -0.2) is 30.2 Å². The Kier molecular flexibility index (Phi) is 6.05. The molecule has 1 amide bonds. The first kappa shape index (κ1) is 17.9. The molecule has 0 aliphatic carbocycles. The number of carbonyl (C=O) groups excluding carboxylic acids is 1. The maximum absolute atomic E-state index is 12.0. The summed E-state index contributed by atoms with van der Waals surface area (Å²) in [6.07, 6.45) is 1.35. The second-order valence-electron chi connectivity index (χ2n) is 5.18. The number of hydrazone groups is 1. The summed E-state index contributed by atoms with van der Waals surface area (Å²) < 4.78 is 5.07. The molecule has 25 heavy (non-hydrogen) atoms. The van der Waals surface area contributed by atoms with Gasteiger partial charge in [-0.05, 0) is 31.2 Å². The number of benzene rings is 2. The first-order valence-corrected chi connectivity index (χ1v) is 7.47. The lowest BCUT2D eigenvalue weighted by Crippen LogP contribution is -2.34. The average molecular weight is 342 g/mol. The minimum Gasteiger partial charge on any atom is -0.497 e. The smallest absolute Gasteiger partial charge is 0.270 e. The zero-order valence-electron chi connectivity index (χ0n) is 13.8. The Hall–Kier alpha value is -3.42. The number of hydrogen-bond acceptors (Lipinski definition) is 6. The topological polar surface area (TPSA) is 106 Å². The van der Waals surface area contributed by atoms with Crippen LogP contribution in [0.1, 0.15) is 12.5 Å². The number of nitro groups is 1. The molecule has 2 N–H and O–H groups in total. The van der Waals surface area contributed by atoms with Crippen LogP contribution < -0.4 is 15.5 Å². The molecule has 0 spiro atoms. The Balaban J connectivity index is 1.90. The molecule has 1 atom stereocenters. The number of rotatable bonds is 7. The Morgan fingerprint density at radius 2 is 2.00 bits per heavy atom. The van der Waals surface area contributed by atoms with Gasteiger partial charge in [-0.25, -0.2) is 5.43 Å². The number of nitrogens with zero attached hydrogens (tertiary/aromatic N) is 2. The van der Waals surface area contributed by atoms with Crippen LogP contribution in [0.4, 0.5) is 11.4 Å². The fraction of sp³-hybridized carbons (Fsp3) is 0.176. The number of methoxy groups -OCH3 is 1. The Morgan fingerprint density at radius 1 is 1.28 bits per heavy atom. The van der Waals surface area contributed by atoms with Crippen LogP contribution in [0.2, 0.25) is 0 Å². The van der Waals surface area contributed by atoms with Crippen LogP contribution in [0.5, 0.6) is 5.75 Å². The van der Waals surface area contributed by atoms with Gasteiger partial charge in [0.15, 0.2) is 0 Å². The molecule has 0 aromatic heterocycles. The van der Waals surface area contributed by atoms with Crippen molar-refractivity contribution in [1.29, 1.82) is 0 Å². The number of hydrogen-bond donors (Lipinski definition) is 2. The highest BCUT2D eigenvalue weighted by Gasteiger charge is 2.11. The monoisotopic (exact) mass is 342 g/mol. The number of ether oxygens (including phenoxy) is 1. The second kappa shape index (κ2) is 8.44. The molecule has 0 aliphatic rings. The van der Waals surface area contributed by atoms with E-state index in [4.69, 9.17) is 4.74 Å². The van der Waals surface area contributed by atoms with Crippen molar-refractivity contribution in [2.75, 3.05) is 12.4 Å². The molecule has 8 nitrogen and oxygen atoms in total. The molecule has 0 bridgehead atoms. The predicted molar refractivity (Wildman–Crippen MR) is 94.9 cm³/mol. The van der Waals surface area contributed by atoms with E-state index in [-0.39, 0.29) is 11.6 Å². The summed E-state index contributed by atoms with van der Waals surface area (Å²) in [6, 6.07) is 12.6. The zero-order valence-corrected chi connectivity index (χ0v) is 13.8. The van der Waals surface area contributed by atoms with Crippen molar-refractivity contribution < 1.29 is 14.5 Å². The van der Waals surface area contributed by atoms with Gasteiger partial charge in [-0.3, -0.25) is 14.9 Å². The van der Waals surface area contributed by atoms with Crippen molar-refractivity contribution in [1.82, 2.24) is 5.43 Å². The molecule has 0 saturated heterocycles. The van der Waals surface area contributed by atoms with E-state index >= 15 is 0 Å². The highest BCUT2D eigenvalue weighted by molar-refractivity contribution is 5.86. The van der Waals surface area contributed by atoms with Crippen molar-refractivity contribution in [2.45, 2.75) is 13.0 Å². The highest BCUT2D eigenvalue weighted by atomic mass is 16.6. The second-order valence-corrected chi connectivity index (χ2v) is 5.18. The lowest BCUT2D eigenvalue weighted by atomic mass is 10.2. The van der Waals surface area contributed by atoms with Crippen molar-refractivity contribution in [3.05, 3.63) is 64.2 Å². The van der Waals surface area contributed by atoms with E-state index in [0.717, 1.165) is 11.4 Å². The largest absolute Gasteiger partial charge is 0.497 e. The van der Waals surface area contributed by atoms with Gasteiger partial charge in [0, 0.05) is 23.4 Å². The van der Waals surface area contributed by atoms with Gasteiger partial charge < -0.3 is 10.1 Å². The van der Waals surface area contributed by atoms with Gasteiger partial charge in [-0.2, -0.15) is 5.10 Å². The first-order chi connectivity index (χ1) is 12.0. The van der Waals surface area contributed by atoms with Gasteiger partial charge in [-0.15, -0.1) is 0 Å². The van der Waals surface area contributed by atoms with E-state index in [1.807, 2.05) is 0 Å². The summed E-state index contributed by atoms with van der Waals surface area (Å²) in [7, 11) is 1.58. The van der Waals surface area contributed by atoms with Crippen LogP contribution in [0.15, 0.2) is 53.6 Å². The molecule has 2 aromatic carbocycles. The highest BCUT2D eigenvalue weighted by Crippen LogP contribution is 2.15. The fourth-order valence-electron chi connectivity index (χ4n) is 1.99. The molecular weight excluding hydrogens is 324 g/mol. The van der Waals surface area contributed by atoms with Crippen LogP contribution in [-0.2, 0) is 4.79 Å². The third-order valence-corrected chi connectivity index (χ3v) is 3.34. The zero-order chi connectivity index (χ0) is 18.2. The van der Waals surface area contributed by atoms with Gasteiger partial charge >= 0.3 is 0 Å². The summed E-state index contributed by atoms with van der Waals surface area (Å²) in [4.78, 5) is 22.2. The summed E-state index contributed by atoms with van der Waals surface area (Å²) >= 11 is 0. The SMILES string of the molecule is COc1ccc(NC(C)C(=O)N/N=C/c2cccc([N+](=O)[O-])c2)cc1. The minimum absolute atomic E-state index is 0.0372. The van der Waals surface area contributed by atoms with Crippen molar-refractivity contribution in [2.24, 2.45) is 5.10 Å². The third-order valence-electron chi connectivity index (χ3n) is 3.34. The van der Waals surface area contributed by atoms with Gasteiger partial charge in [0.25, 0.3) is 11.6 Å². The van der Waals surface area contributed by atoms with E-state index in [0.29, 0.717) is 5.56 Å². The Bertz CT molecular complexity index is 774. The normalized spacial score (nSPS) is 11.8. The quantitative estimate of drug-likeness (QED) is 0.457. The number of amides is 1. The van der Waals surface area contributed by atoms with Crippen molar-refractivity contribution in [3.63, 3.8) is 0 Å².